The molecule has 0 bridgehead atoms. The Labute approximate surface area is 271 Å². The molecule has 0 spiro atoms. The van der Waals surface area contributed by atoms with Gasteiger partial charge in [0.05, 0.1) is 24.4 Å². The molecule has 4 aliphatic rings. The van der Waals surface area contributed by atoms with Gasteiger partial charge in [0.25, 0.3) is 0 Å². The lowest BCUT2D eigenvalue weighted by Crippen LogP contribution is -2.63. The number of rotatable bonds is 9. The minimum atomic E-state index is -0.394. The standard InChI is InChI=1S/C37H58N2O4S/c1-8-25-29-21-24(40)13-17-35(29,5)27-14-18-36(6)28(31(27)32(25)41)15-19-37(36,38-7)23(2)16-20-43-33(42)39-22-34(3,4)26-11-9-10-12-30(26)44/h9-12,23-25,27-29,31-32,40-41,44H,7-8,13-22H2,1-6H3,(H,39,42)/t23-,24-,25-,27?,28?,29+,31?,32-,35-,36+,37?/m1/s1. The number of fused-ring (bicyclic) bond motifs is 5. The number of nitrogens with one attached hydrogen (secondary N) is 1. The Morgan fingerprint density at radius 1 is 1.14 bits per heavy atom. The van der Waals surface area contributed by atoms with Crippen LogP contribution in [-0.2, 0) is 10.2 Å². The highest BCUT2D eigenvalue weighted by Gasteiger charge is 2.68. The van der Waals surface area contributed by atoms with Gasteiger partial charge in [-0.15, -0.1) is 12.6 Å². The third-order valence-electron chi connectivity index (χ3n) is 13.8. The molecule has 44 heavy (non-hydrogen) atoms. The van der Waals surface area contributed by atoms with Crippen molar-refractivity contribution in [2.75, 3.05) is 13.2 Å². The molecule has 5 rings (SSSR count). The highest BCUT2D eigenvalue weighted by Crippen LogP contribution is 2.71. The maximum absolute atomic E-state index is 12.7. The molecule has 0 aromatic heterocycles. The minimum Gasteiger partial charge on any atom is -0.450 e. The van der Waals surface area contributed by atoms with Crippen LogP contribution in [-0.4, -0.2) is 53.9 Å². The van der Waals surface area contributed by atoms with Gasteiger partial charge in [-0.25, -0.2) is 4.79 Å². The van der Waals surface area contributed by atoms with Crippen LogP contribution in [0, 0.1) is 46.3 Å². The summed E-state index contributed by atoms with van der Waals surface area (Å²) >= 11 is 4.60. The number of amides is 1. The van der Waals surface area contributed by atoms with E-state index >= 15 is 0 Å². The predicted octanol–water partition coefficient (Wildman–Crippen LogP) is 7.46. The number of hydrogen-bond donors (Lipinski definition) is 4. The molecule has 0 heterocycles. The first-order valence-corrected chi connectivity index (χ1v) is 17.7. The minimum absolute atomic E-state index is 0.0570. The van der Waals surface area contributed by atoms with Gasteiger partial charge < -0.3 is 20.3 Å². The second-order valence-corrected chi connectivity index (χ2v) is 16.5. The summed E-state index contributed by atoms with van der Waals surface area (Å²) in [5.41, 5.74) is 0.632. The van der Waals surface area contributed by atoms with Gasteiger partial charge in [-0.1, -0.05) is 66.2 Å². The lowest BCUT2D eigenvalue weighted by atomic mass is 9.41. The van der Waals surface area contributed by atoms with E-state index in [2.05, 4.69) is 72.3 Å². The Hall–Kier alpha value is -1.57. The maximum Gasteiger partial charge on any atom is 0.407 e. The van der Waals surface area contributed by atoms with Crippen LogP contribution in [0.3, 0.4) is 0 Å². The molecular weight excluding hydrogens is 568 g/mol. The normalized spacial score (nSPS) is 40.7. The first-order chi connectivity index (χ1) is 20.8. The summed E-state index contributed by atoms with van der Waals surface area (Å²) in [5, 5.41) is 25.6. The van der Waals surface area contributed by atoms with Crippen molar-refractivity contribution < 1.29 is 19.7 Å². The van der Waals surface area contributed by atoms with Crippen molar-refractivity contribution in [3.05, 3.63) is 29.8 Å². The highest BCUT2D eigenvalue weighted by molar-refractivity contribution is 7.80. The molecule has 1 aromatic rings. The third-order valence-corrected chi connectivity index (χ3v) is 14.2. The van der Waals surface area contributed by atoms with Crippen molar-refractivity contribution in [1.82, 2.24) is 5.32 Å². The van der Waals surface area contributed by atoms with Gasteiger partial charge in [-0.3, -0.25) is 4.99 Å². The number of aliphatic hydroxyl groups is 2. The number of hydrogen-bond acceptors (Lipinski definition) is 6. The zero-order valence-corrected chi connectivity index (χ0v) is 28.9. The number of carbonyl (C=O) groups is 1. The Balaban J connectivity index is 1.25. The van der Waals surface area contributed by atoms with E-state index in [0.717, 1.165) is 68.2 Å². The molecular formula is C37H58N2O4S. The molecule has 7 heteroatoms. The van der Waals surface area contributed by atoms with Crippen LogP contribution in [0.25, 0.3) is 0 Å². The van der Waals surface area contributed by atoms with Crippen LogP contribution in [0.15, 0.2) is 34.2 Å². The largest absolute Gasteiger partial charge is 0.450 e. The number of aliphatic imine (C=N–C) groups is 1. The fraction of sp³-hybridized carbons (Fsp3) is 0.784. The van der Waals surface area contributed by atoms with Crippen molar-refractivity contribution in [3.8, 4) is 0 Å². The highest BCUT2D eigenvalue weighted by atomic mass is 32.1. The van der Waals surface area contributed by atoms with Gasteiger partial charge in [-0.2, -0.15) is 0 Å². The monoisotopic (exact) mass is 626 g/mol. The van der Waals surface area contributed by atoms with Crippen LogP contribution in [0.4, 0.5) is 4.79 Å². The van der Waals surface area contributed by atoms with Crippen molar-refractivity contribution in [2.45, 2.75) is 127 Å². The molecule has 1 amide bonds. The SMILES string of the molecule is C=NC1([C@H](C)CCOC(=O)NCC(C)(C)c2ccccc2S)CCC2C3C(CC[C@@]21C)[C@@]1(C)CC[C@@H](O)C[C@H]1[C@@H](CC)[C@H]3O. The summed E-state index contributed by atoms with van der Waals surface area (Å²) < 4.78 is 5.71. The number of benzene rings is 1. The fourth-order valence-corrected chi connectivity index (χ4v) is 11.8. The quantitative estimate of drug-likeness (QED) is 0.169. The molecule has 0 radical (unpaired) electrons. The van der Waals surface area contributed by atoms with E-state index in [1.807, 2.05) is 18.2 Å². The van der Waals surface area contributed by atoms with E-state index in [-0.39, 0.29) is 51.7 Å². The first-order valence-electron chi connectivity index (χ1n) is 17.3. The Bertz CT molecular complexity index is 1210. The van der Waals surface area contributed by atoms with Crippen molar-refractivity contribution in [1.29, 1.82) is 0 Å². The first kappa shape index (κ1) is 33.8. The zero-order chi connectivity index (χ0) is 32.1. The van der Waals surface area contributed by atoms with E-state index in [9.17, 15) is 15.0 Å². The molecule has 4 aliphatic carbocycles. The van der Waals surface area contributed by atoms with E-state index in [0.29, 0.717) is 30.9 Å². The van der Waals surface area contributed by atoms with Gasteiger partial charge >= 0.3 is 6.09 Å². The molecule has 4 saturated carbocycles. The van der Waals surface area contributed by atoms with Crippen LogP contribution >= 0.6 is 12.6 Å². The van der Waals surface area contributed by atoms with E-state index in [1.54, 1.807) is 0 Å². The molecule has 246 valence electrons. The number of aliphatic hydroxyl groups excluding tert-OH is 2. The number of ether oxygens (including phenoxy) is 1. The van der Waals surface area contributed by atoms with Crippen molar-refractivity contribution in [2.24, 2.45) is 51.3 Å². The van der Waals surface area contributed by atoms with Crippen LogP contribution in [0.5, 0.6) is 0 Å². The number of thiol groups is 1. The lowest BCUT2D eigenvalue weighted by molar-refractivity contribution is -0.204. The smallest absolute Gasteiger partial charge is 0.407 e. The molecule has 6 nitrogen and oxygen atoms in total. The fourth-order valence-electron chi connectivity index (χ4n) is 11.3. The summed E-state index contributed by atoms with van der Waals surface area (Å²) in [4.78, 5) is 18.6. The average molecular weight is 627 g/mol. The van der Waals surface area contributed by atoms with Crippen LogP contribution in [0.1, 0.15) is 105 Å². The second kappa shape index (κ2) is 12.6. The maximum atomic E-state index is 12.7. The molecule has 4 fully saturated rings. The molecule has 0 saturated heterocycles. The molecule has 4 unspecified atom stereocenters. The van der Waals surface area contributed by atoms with Gasteiger partial charge in [0, 0.05) is 16.9 Å². The topological polar surface area (TPSA) is 91.2 Å². The third kappa shape index (κ3) is 5.45. The van der Waals surface area contributed by atoms with Gasteiger partial charge in [-0.05, 0) is 116 Å². The molecule has 0 aliphatic heterocycles. The zero-order valence-electron chi connectivity index (χ0n) is 28.0. The molecule has 1 aromatic carbocycles. The Kier molecular flexibility index (Phi) is 9.64. The van der Waals surface area contributed by atoms with E-state index in [4.69, 9.17) is 9.73 Å². The molecule has 3 N–H and O–H groups in total. The summed E-state index contributed by atoms with van der Waals surface area (Å²) in [5.74, 6) is 1.96. The number of carbonyl (C=O) groups excluding carboxylic acids is 1. The van der Waals surface area contributed by atoms with Crippen LogP contribution in [0.2, 0.25) is 0 Å². The Morgan fingerprint density at radius 2 is 1.84 bits per heavy atom. The summed E-state index contributed by atoms with van der Waals surface area (Å²) in [7, 11) is 0. The van der Waals surface area contributed by atoms with Gasteiger partial charge in [0.2, 0.25) is 0 Å². The van der Waals surface area contributed by atoms with E-state index < -0.39 is 6.09 Å². The van der Waals surface area contributed by atoms with Crippen molar-refractivity contribution >= 4 is 25.4 Å². The number of alkyl carbamates (subject to hydrolysis) is 1. The summed E-state index contributed by atoms with van der Waals surface area (Å²) in [6, 6.07) is 7.98. The lowest BCUT2D eigenvalue weighted by Gasteiger charge is -2.65. The summed E-state index contributed by atoms with van der Waals surface area (Å²) in [6.45, 7) is 18.6. The van der Waals surface area contributed by atoms with Gasteiger partial charge in [0.15, 0.2) is 0 Å². The molecule has 11 atom stereocenters. The van der Waals surface area contributed by atoms with E-state index in [1.165, 1.54) is 0 Å². The average Bonchev–Trinajstić information content (AvgIpc) is 3.30. The summed E-state index contributed by atoms with van der Waals surface area (Å²) in [6.07, 6.45) is 7.71. The Morgan fingerprint density at radius 3 is 2.52 bits per heavy atom. The van der Waals surface area contributed by atoms with Crippen LogP contribution < -0.4 is 5.32 Å². The number of nitrogens with zero attached hydrogens (tertiary/aromatic N) is 1. The predicted molar refractivity (Wildman–Crippen MR) is 180 cm³/mol. The van der Waals surface area contributed by atoms with Crippen molar-refractivity contribution in [3.63, 3.8) is 0 Å². The van der Waals surface area contributed by atoms with Gasteiger partial charge in [0.1, 0.15) is 0 Å². The second-order valence-electron chi connectivity index (χ2n) is 16.1.